The normalized spacial score (nSPS) is 12.1. The fourth-order valence-corrected chi connectivity index (χ4v) is 3.26. The molecule has 2 unspecified atom stereocenters. The molecule has 2 atom stereocenters. The van der Waals surface area contributed by atoms with E-state index in [1.807, 2.05) is 31.2 Å². The fraction of sp³-hybridized carbons (Fsp3) is 0.310. The van der Waals surface area contributed by atoms with Crippen LogP contribution >= 0.6 is 0 Å². The molecule has 0 aliphatic heterocycles. The van der Waals surface area contributed by atoms with Gasteiger partial charge < -0.3 is 28.4 Å². The number of rotatable bonds is 18. The van der Waals surface area contributed by atoms with Crippen molar-refractivity contribution >= 4 is 22.7 Å². The van der Waals surface area contributed by atoms with Gasteiger partial charge >= 0.3 is 11.9 Å². The number of hydrogen-bond acceptors (Lipinski definition) is 8. The van der Waals surface area contributed by atoms with E-state index in [1.165, 1.54) is 0 Å². The molecule has 198 valence electrons. The molecular weight excluding hydrogens is 476 g/mol. The second-order valence-electron chi connectivity index (χ2n) is 7.89. The van der Waals surface area contributed by atoms with Crippen LogP contribution in [0.2, 0.25) is 0 Å². The number of carbonyl (C=O) groups excluding carboxylic acids is 2. The van der Waals surface area contributed by atoms with Crippen LogP contribution in [-0.2, 0) is 28.5 Å². The number of aryl methyl sites for hydroxylation is 1. The van der Waals surface area contributed by atoms with Gasteiger partial charge in [0.25, 0.3) is 0 Å². The van der Waals surface area contributed by atoms with E-state index in [-0.39, 0.29) is 26.4 Å². The van der Waals surface area contributed by atoms with Crippen LogP contribution in [0.1, 0.15) is 5.56 Å². The maximum Gasteiger partial charge on any atom is 0.330 e. The molecule has 0 saturated carbocycles. The van der Waals surface area contributed by atoms with Crippen LogP contribution in [0.15, 0.2) is 81.0 Å². The van der Waals surface area contributed by atoms with Crippen molar-refractivity contribution in [3.8, 4) is 11.5 Å². The summed E-state index contributed by atoms with van der Waals surface area (Å²) in [5, 5.41) is 1.74. The lowest BCUT2D eigenvalue weighted by Gasteiger charge is -2.20. The molecule has 0 saturated heterocycles. The van der Waals surface area contributed by atoms with Crippen LogP contribution in [-0.4, -0.2) is 63.8 Å². The Balaban J connectivity index is 2.13. The summed E-state index contributed by atoms with van der Waals surface area (Å²) in [6.07, 6.45) is 4.17. The zero-order valence-corrected chi connectivity index (χ0v) is 21.2. The minimum atomic E-state index is -0.624. The lowest BCUT2D eigenvalue weighted by molar-refractivity contribution is -0.148. The van der Waals surface area contributed by atoms with Crippen molar-refractivity contribution in [3.63, 3.8) is 0 Å². The van der Waals surface area contributed by atoms with Gasteiger partial charge in [-0.25, -0.2) is 9.59 Å². The van der Waals surface area contributed by atoms with Gasteiger partial charge in [0.2, 0.25) is 0 Å². The number of carbonyl (C=O) groups is 2. The Morgan fingerprint density at radius 3 is 1.89 bits per heavy atom. The van der Waals surface area contributed by atoms with Crippen LogP contribution in [0, 0.1) is 6.92 Å². The molecule has 2 aromatic rings. The molecule has 0 amide bonds. The molecule has 0 heterocycles. The highest BCUT2D eigenvalue weighted by Crippen LogP contribution is 2.32. The van der Waals surface area contributed by atoms with Crippen molar-refractivity contribution in [2.75, 3.05) is 39.6 Å². The molecule has 0 aromatic heterocycles. The van der Waals surface area contributed by atoms with Crippen molar-refractivity contribution in [1.82, 2.24) is 0 Å². The smallest absolute Gasteiger partial charge is 0.330 e. The first-order valence-corrected chi connectivity index (χ1v) is 11.7. The molecule has 0 radical (unpaired) electrons. The van der Waals surface area contributed by atoms with Crippen LogP contribution in [0.25, 0.3) is 10.8 Å². The fourth-order valence-electron chi connectivity index (χ4n) is 3.26. The Bertz CT molecular complexity index is 1090. The van der Waals surface area contributed by atoms with Crippen LogP contribution in [0.3, 0.4) is 0 Å². The van der Waals surface area contributed by atoms with E-state index in [1.54, 1.807) is 18.2 Å². The van der Waals surface area contributed by atoms with E-state index in [0.29, 0.717) is 24.7 Å². The highest BCUT2D eigenvalue weighted by atomic mass is 16.6. The van der Waals surface area contributed by atoms with Crippen molar-refractivity contribution in [2.24, 2.45) is 0 Å². The lowest BCUT2D eigenvalue weighted by atomic mass is 10.1. The summed E-state index contributed by atoms with van der Waals surface area (Å²) >= 11 is 0. The molecular formula is C29H34O8. The van der Waals surface area contributed by atoms with Gasteiger partial charge in [0.05, 0.1) is 26.4 Å². The van der Waals surface area contributed by atoms with Crippen LogP contribution in [0.5, 0.6) is 11.5 Å². The van der Waals surface area contributed by atoms with Gasteiger partial charge in [-0.05, 0) is 36.1 Å². The molecule has 0 fully saturated rings. The van der Waals surface area contributed by atoms with Gasteiger partial charge in [0, 0.05) is 17.5 Å². The monoisotopic (exact) mass is 510 g/mol. The predicted molar refractivity (Wildman–Crippen MR) is 142 cm³/mol. The number of hydrogen-bond donors (Lipinski definition) is 0. The van der Waals surface area contributed by atoms with E-state index < -0.39 is 24.1 Å². The quantitative estimate of drug-likeness (QED) is 0.125. The molecule has 0 spiro atoms. The van der Waals surface area contributed by atoms with E-state index in [4.69, 9.17) is 28.4 Å². The molecule has 37 heavy (non-hydrogen) atoms. The van der Waals surface area contributed by atoms with Crippen molar-refractivity contribution in [1.29, 1.82) is 0 Å². The molecule has 8 heteroatoms. The summed E-state index contributed by atoms with van der Waals surface area (Å²) in [6, 6.07) is 9.42. The number of benzene rings is 2. The molecule has 0 N–H and O–H groups in total. The third-order valence-electron chi connectivity index (χ3n) is 4.97. The third kappa shape index (κ3) is 9.95. The minimum absolute atomic E-state index is 0.0932. The zero-order chi connectivity index (χ0) is 27.0. The second-order valence-corrected chi connectivity index (χ2v) is 7.89. The summed E-state index contributed by atoms with van der Waals surface area (Å²) < 4.78 is 33.5. The van der Waals surface area contributed by atoms with E-state index in [9.17, 15) is 9.59 Å². The molecule has 8 nitrogen and oxygen atoms in total. The van der Waals surface area contributed by atoms with Crippen LogP contribution in [0.4, 0.5) is 0 Å². The Morgan fingerprint density at radius 2 is 1.35 bits per heavy atom. The summed E-state index contributed by atoms with van der Waals surface area (Å²) in [4.78, 5) is 23.4. The van der Waals surface area contributed by atoms with Gasteiger partial charge in [0.1, 0.15) is 24.7 Å². The Kier molecular flexibility index (Phi) is 12.7. The van der Waals surface area contributed by atoms with Gasteiger partial charge in [0.15, 0.2) is 12.2 Å². The summed E-state index contributed by atoms with van der Waals surface area (Å²) in [7, 11) is 0. The molecule has 2 rings (SSSR count). The second kappa shape index (κ2) is 16.0. The van der Waals surface area contributed by atoms with Crippen molar-refractivity contribution in [3.05, 3.63) is 86.5 Å². The molecule has 0 bridgehead atoms. The number of ether oxygens (including phenoxy) is 6. The highest BCUT2D eigenvalue weighted by molar-refractivity contribution is 5.90. The highest BCUT2D eigenvalue weighted by Gasteiger charge is 2.17. The Labute approximate surface area is 217 Å². The Hall–Kier alpha value is -3.88. The minimum Gasteiger partial charge on any atom is -0.490 e. The van der Waals surface area contributed by atoms with Crippen molar-refractivity contribution < 1.29 is 38.0 Å². The molecule has 2 aromatic carbocycles. The summed E-state index contributed by atoms with van der Waals surface area (Å²) in [5.74, 6) is 0.127. The van der Waals surface area contributed by atoms with Gasteiger partial charge in [-0.1, -0.05) is 37.4 Å². The van der Waals surface area contributed by atoms with Crippen LogP contribution < -0.4 is 9.47 Å². The van der Waals surface area contributed by atoms with E-state index in [2.05, 4.69) is 26.3 Å². The topological polar surface area (TPSA) is 89.5 Å². The van der Waals surface area contributed by atoms with Gasteiger partial charge in [-0.2, -0.15) is 0 Å². The zero-order valence-electron chi connectivity index (χ0n) is 21.2. The standard InChI is InChI=1S/C29H34O8/c1-6-14-32-17-24(36-27(30)8-3)19-34-23-12-13-26-22(16-23)11-10-21(5)29(26)35-20-25(18-33-15-7-2)37-28(31)9-4/h6-13,16,24-25H,1-4,14-15,17-20H2,5H3. The number of esters is 2. The first-order valence-electron chi connectivity index (χ1n) is 11.7. The molecule has 0 aliphatic rings. The van der Waals surface area contributed by atoms with E-state index in [0.717, 1.165) is 28.5 Å². The number of fused-ring (bicyclic) bond motifs is 1. The predicted octanol–water partition coefficient (Wildman–Crippen LogP) is 4.51. The Morgan fingerprint density at radius 1 is 0.784 bits per heavy atom. The first kappa shape index (κ1) is 29.4. The maximum atomic E-state index is 11.7. The molecule has 0 aliphatic carbocycles. The van der Waals surface area contributed by atoms with Crippen molar-refractivity contribution in [2.45, 2.75) is 19.1 Å². The van der Waals surface area contributed by atoms with Gasteiger partial charge in [-0.3, -0.25) is 0 Å². The summed E-state index contributed by atoms with van der Waals surface area (Å²) in [6.45, 7) is 17.1. The average molecular weight is 511 g/mol. The maximum absolute atomic E-state index is 11.7. The average Bonchev–Trinajstić information content (AvgIpc) is 2.90. The largest absolute Gasteiger partial charge is 0.490 e. The van der Waals surface area contributed by atoms with Gasteiger partial charge in [-0.15, -0.1) is 13.2 Å². The third-order valence-corrected chi connectivity index (χ3v) is 4.97. The van der Waals surface area contributed by atoms with E-state index >= 15 is 0 Å². The SMILES string of the molecule is C=CCOCC(COc1ccc2c(OCC(COCC=C)OC(=O)C=C)c(C)ccc2c1)OC(=O)C=C. The lowest BCUT2D eigenvalue weighted by Crippen LogP contribution is -2.29. The first-order chi connectivity index (χ1) is 17.9. The summed E-state index contributed by atoms with van der Waals surface area (Å²) in [5.41, 5.74) is 0.915.